The van der Waals surface area contributed by atoms with E-state index in [1.807, 2.05) is 0 Å². The van der Waals surface area contributed by atoms with Crippen molar-refractivity contribution in [2.75, 3.05) is 49.4 Å². The van der Waals surface area contributed by atoms with E-state index >= 15 is 0 Å². The average Bonchev–Trinajstić information content (AvgIpc) is 2.61. The monoisotopic (exact) mass is 436 g/mol. The molecule has 0 heterocycles. The second-order valence-electron chi connectivity index (χ2n) is 4.08. The summed E-state index contributed by atoms with van der Waals surface area (Å²) in [5.41, 5.74) is 0. The Bertz CT molecular complexity index is 475. The van der Waals surface area contributed by atoms with E-state index in [1.54, 1.807) is 0 Å². The lowest BCUT2D eigenvalue weighted by Gasteiger charge is -2.14. The van der Waals surface area contributed by atoms with Gasteiger partial charge in [0.05, 0.1) is 39.2 Å². The zero-order chi connectivity index (χ0) is 19.1. The number of amides is 4. The molecule has 0 fully saturated rings. The third kappa shape index (κ3) is 11.1. The summed E-state index contributed by atoms with van der Waals surface area (Å²) in [5, 5.41) is 11.1. The molecular weight excluding hydrogens is 419 g/mol. The predicted molar refractivity (Wildman–Crippen MR) is 98.7 cm³/mol. The fraction of sp³-hybridized carbons (Fsp3) is 0.800. The Kier molecular flexibility index (Phi) is 14.4. The van der Waals surface area contributed by atoms with Gasteiger partial charge in [0.2, 0.25) is 0 Å². The second kappa shape index (κ2) is 15.1. The number of nitrogens with zero attached hydrogens (tertiary/aromatic N) is 4. The highest BCUT2D eigenvalue weighted by atomic mass is 35.5. The van der Waals surface area contributed by atoms with Crippen molar-refractivity contribution in [3.63, 3.8) is 0 Å². The van der Waals surface area contributed by atoms with E-state index in [9.17, 15) is 23.6 Å². The van der Waals surface area contributed by atoms with E-state index in [2.05, 4.69) is 21.2 Å². The summed E-state index contributed by atoms with van der Waals surface area (Å²) in [7, 11) is -0.375. The van der Waals surface area contributed by atoms with E-state index < -0.39 is 21.9 Å². The smallest absolute Gasteiger partial charge is 0.335 e. The van der Waals surface area contributed by atoms with Gasteiger partial charge in [-0.15, -0.1) is 33.0 Å². The van der Waals surface area contributed by atoms with Crippen molar-refractivity contribution >= 4 is 55.9 Å². The molecule has 1 atom stereocenters. The van der Waals surface area contributed by atoms with Gasteiger partial charge in [0.15, 0.2) is 0 Å². The van der Waals surface area contributed by atoms with E-state index in [0.29, 0.717) is 10.0 Å². The minimum Gasteiger partial charge on any atom is -0.335 e. The van der Waals surface area contributed by atoms with E-state index in [-0.39, 0.29) is 49.4 Å². The lowest BCUT2D eigenvalue weighted by atomic mass is 10.6. The van der Waals surface area contributed by atoms with Crippen LogP contribution in [-0.4, -0.2) is 75.7 Å². The molecule has 0 saturated heterocycles. The van der Waals surface area contributed by atoms with Gasteiger partial charge in [-0.25, -0.2) is 13.8 Å². The van der Waals surface area contributed by atoms with E-state index in [1.165, 1.54) is 0 Å². The summed E-state index contributed by atoms with van der Waals surface area (Å²) in [6.45, 7) is 0.189. The van der Waals surface area contributed by atoms with Crippen LogP contribution in [0.25, 0.3) is 0 Å². The lowest BCUT2D eigenvalue weighted by Crippen LogP contribution is -2.39. The molecule has 0 rings (SSSR count). The molecule has 15 heteroatoms. The maximum atomic E-state index is 11.8. The molecule has 0 aromatic carbocycles. The fourth-order valence-corrected chi connectivity index (χ4v) is 3.75. The highest BCUT2D eigenvalue weighted by Crippen LogP contribution is 2.08. The number of urea groups is 2. The largest absolute Gasteiger partial charge is 0.340 e. The highest BCUT2D eigenvalue weighted by molar-refractivity contribution is 8.69. The highest BCUT2D eigenvalue weighted by Gasteiger charge is 2.15. The number of rotatable bonds is 13. The fourth-order valence-electron chi connectivity index (χ4n) is 1.29. The van der Waals surface area contributed by atoms with E-state index in [0.717, 1.165) is 10.8 Å². The van der Waals surface area contributed by atoms with Gasteiger partial charge in [0.25, 0.3) is 0 Å². The molecule has 0 aliphatic carbocycles. The van der Waals surface area contributed by atoms with Crippen molar-refractivity contribution in [3.05, 3.63) is 9.81 Å². The third-order valence-electron chi connectivity index (χ3n) is 2.40. The number of carbonyl (C=O) groups is 2. The number of halogens is 2. The van der Waals surface area contributed by atoms with Crippen LogP contribution >= 0.6 is 34.0 Å². The second-order valence-corrected chi connectivity index (χ2v) is 8.32. The summed E-state index contributed by atoms with van der Waals surface area (Å²) >= 11 is 10.8. The Labute approximate surface area is 160 Å². The van der Waals surface area contributed by atoms with Crippen LogP contribution in [0.2, 0.25) is 0 Å². The standard InChI is InChI=1S/C10H18Cl2N6O5S2/c11-1-3-13-9(19)18(16-22)6-7-24-25(23)8-4-14-10(20)17(15-21)5-2-12/h1-8H2,(H,13,19)(H,14,20). The molecule has 0 aromatic heterocycles. The Morgan fingerprint density at radius 3 is 2.04 bits per heavy atom. The number of hydrogen-bond acceptors (Lipinski definition) is 8. The summed E-state index contributed by atoms with van der Waals surface area (Å²) in [6.07, 6.45) is 0. The molecule has 4 amide bonds. The van der Waals surface area contributed by atoms with Crippen molar-refractivity contribution in [1.82, 2.24) is 20.7 Å². The molecular formula is C10H18Cl2N6O5S2. The zero-order valence-electron chi connectivity index (χ0n) is 13.1. The predicted octanol–water partition coefficient (Wildman–Crippen LogP) is 1.25. The van der Waals surface area contributed by atoms with Crippen molar-refractivity contribution in [2.45, 2.75) is 0 Å². The Morgan fingerprint density at radius 1 is 0.960 bits per heavy atom. The zero-order valence-corrected chi connectivity index (χ0v) is 16.2. The van der Waals surface area contributed by atoms with Crippen LogP contribution in [0.4, 0.5) is 9.59 Å². The molecule has 144 valence electrons. The molecule has 0 bridgehead atoms. The first kappa shape index (κ1) is 23.8. The maximum absolute atomic E-state index is 11.8. The van der Waals surface area contributed by atoms with Gasteiger partial charge in [-0.2, -0.15) is 10.0 Å². The quantitative estimate of drug-likeness (QED) is 0.192. The van der Waals surface area contributed by atoms with Gasteiger partial charge in [-0.05, 0) is 0 Å². The number of alkyl halides is 2. The van der Waals surface area contributed by atoms with Crippen molar-refractivity contribution in [2.24, 2.45) is 10.6 Å². The molecule has 25 heavy (non-hydrogen) atoms. The topological polar surface area (TPSA) is 141 Å². The van der Waals surface area contributed by atoms with Crippen LogP contribution in [-0.2, 0) is 9.83 Å². The summed E-state index contributed by atoms with van der Waals surface area (Å²) < 4.78 is 11.8. The van der Waals surface area contributed by atoms with Crippen LogP contribution in [0.5, 0.6) is 0 Å². The first-order valence-electron chi connectivity index (χ1n) is 6.91. The Hall–Kier alpha value is -1.18. The third-order valence-corrected chi connectivity index (χ3v) is 5.69. The summed E-state index contributed by atoms with van der Waals surface area (Å²) in [6, 6.07) is -1.42. The molecule has 0 saturated carbocycles. The molecule has 0 aliphatic rings. The number of carbonyl (C=O) groups excluding carboxylic acids is 2. The number of nitroso groups, excluding NO2 is 2. The average molecular weight is 437 g/mol. The molecule has 0 radical (unpaired) electrons. The van der Waals surface area contributed by atoms with Crippen molar-refractivity contribution < 1.29 is 13.8 Å². The van der Waals surface area contributed by atoms with Gasteiger partial charge in [-0.1, -0.05) is 10.8 Å². The summed E-state index contributed by atoms with van der Waals surface area (Å²) in [4.78, 5) is 44.0. The van der Waals surface area contributed by atoms with Crippen LogP contribution in [0.1, 0.15) is 0 Å². The molecule has 1 unspecified atom stereocenters. The Morgan fingerprint density at radius 2 is 1.52 bits per heavy atom. The lowest BCUT2D eigenvalue weighted by molar-refractivity contribution is 0.202. The SMILES string of the molecule is O=NN(CCCl)C(=O)NCCS(=O)SCCN(N=O)C(=O)NCCCl. The van der Waals surface area contributed by atoms with Crippen LogP contribution < -0.4 is 10.6 Å². The normalized spacial score (nSPS) is 11.3. The van der Waals surface area contributed by atoms with Gasteiger partial charge in [0, 0.05) is 30.6 Å². The molecule has 0 aromatic rings. The molecule has 0 aliphatic heterocycles. The van der Waals surface area contributed by atoms with Gasteiger partial charge in [-0.3, -0.25) is 0 Å². The minimum atomic E-state index is -1.37. The van der Waals surface area contributed by atoms with Crippen molar-refractivity contribution in [1.29, 1.82) is 0 Å². The van der Waals surface area contributed by atoms with Gasteiger partial charge < -0.3 is 10.6 Å². The van der Waals surface area contributed by atoms with E-state index in [4.69, 9.17) is 23.2 Å². The maximum Gasteiger partial charge on any atom is 0.340 e. The molecule has 2 N–H and O–H groups in total. The minimum absolute atomic E-state index is 0.0288. The number of hydrogen-bond donors (Lipinski definition) is 2. The first-order chi connectivity index (χ1) is 12.0. The van der Waals surface area contributed by atoms with Crippen LogP contribution in [0.3, 0.4) is 0 Å². The van der Waals surface area contributed by atoms with Gasteiger partial charge >= 0.3 is 12.1 Å². The first-order valence-corrected chi connectivity index (χ1v) is 10.8. The molecule has 11 nitrogen and oxygen atoms in total. The van der Waals surface area contributed by atoms with Crippen molar-refractivity contribution in [3.8, 4) is 0 Å². The van der Waals surface area contributed by atoms with Crippen LogP contribution in [0.15, 0.2) is 10.6 Å². The summed E-state index contributed by atoms with van der Waals surface area (Å²) in [5.74, 6) is 0.567. The van der Waals surface area contributed by atoms with Gasteiger partial charge in [0.1, 0.15) is 0 Å². The molecule has 0 spiro atoms. The number of nitrogens with one attached hydrogen (secondary N) is 2. The Balaban J connectivity index is 3.99. The van der Waals surface area contributed by atoms with Crippen LogP contribution in [0, 0.1) is 9.81 Å².